The van der Waals surface area contributed by atoms with E-state index in [9.17, 15) is 0 Å². The van der Waals surface area contributed by atoms with Crippen LogP contribution in [0.3, 0.4) is 0 Å². The Morgan fingerprint density at radius 3 is 2.54 bits per heavy atom. The standard InChI is InChI=1S/C8H15N3S2/c1-4-8(3,5-2)9-6-10-11-7(12)13-6/h4-5H2,1-3H3,(H,9,10)(H,11,12). The lowest BCUT2D eigenvalue weighted by atomic mass is 9.96. The summed E-state index contributed by atoms with van der Waals surface area (Å²) in [7, 11) is 0. The van der Waals surface area contributed by atoms with E-state index in [1.807, 2.05) is 0 Å². The second-order valence-corrected chi connectivity index (χ2v) is 4.98. The molecule has 0 atom stereocenters. The lowest BCUT2D eigenvalue weighted by Gasteiger charge is -2.27. The number of rotatable bonds is 4. The lowest BCUT2D eigenvalue weighted by molar-refractivity contribution is 0.478. The van der Waals surface area contributed by atoms with Gasteiger partial charge in [0.2, 0.25) is 5.13 Å². The fourth-order valence-corrected chi connectivity index (χ4v) is 1.91. The average Bonchev–Trinajstić information content (AvgIpc) is 2.51. The molecule has 5 heteroatoms. The van der Waals surface area contributed by atoms with Gasteiger partial charge in [-0.05, 0) is 32.0 Å². The highest BCUT2D eigenvalue weighted by Crippen LogP contribution is 2.22. The van der Waals surface area contributed by atoms with Crippen LogP contribution in [-0.2, 0) is 0 Å². The van der Waals surface area contributed by atoms with Crippen molar-refractivity contribution in [1.82, 2.24) is 10.2 Å². The zero-order valence-electron chi connectivity index (χ0n) is 8.18. The van der Waals surface area contributed by atoms with E-state index in [-0.39, 0.29) is 5.54 Å². The van der Waals surface area contributed by atoms with Gasteiger partial charge in [0.05, 0.1) is 0 Å². The number of aromatic amines is 1. The van der Waals surface area contributed by atoms with E-state index < -0.39 is 0 Å². The molecule has 0 spiro atoms. The van der Waals surface area contributed by atoms with Crippen molar-refractivity contribution in [3.8, 4) is 0 Å². The Kier molecular flexibility index (Phi) is 3.44. The molecule has 1 heterocycles. The van der Waals surface area contributed by atoms with Crippen LogP contribution in [0.25, 0.3) is 0 Å². The van der Waals surface area contributed by atoms with Crippen LogP contribution < -0.4 is 5.32 Å². The summed E-state index contributed by atoms with van der Waals surface area (Å²) in [5.74, 6) is 0. The average molecular weight is 217 g/mol. The van der Waals surface area contributed by atoms with Gasteiger partial charge in [0.1, 0.15) is 0 Å². The predicted molar refractivity (Wildman–Crippen MR) is 59.9 cm³/mol. The number of H-pyrrole nitrogens is 1. The number of nitrogens with zero attached hydrogens (tertiary/aromatic N) is 1. The Balaban J connectivity index is 2.72. The first-order valence-corrected chi connectivity index (χ1v) is 5.66. The molecular formula is C8H15N3S2. The first-order valence-electron chi connectivity index (χ1n) is 4.43. The topological polar surface area (TPSA) is 40.7 Å². The van der Waals surface area contributed by atoms with Crippen LogP contribution in [0, 0.1) is 3.95 Å². The van der Waals surface area contributed by atoms with Gasteiger partial charge < -0.3 is 5.32 Å². The van der Waals surface area contributed by atoms with Crippen molar-refractivity contribution in [3.63, 3.8) is 0 Å². The van der Waals surface area contributed by atoms with Gasteiger partial charge in [0.15, 0.2) is 3.95 Å². The molecule has 0 unspecified atom stereocenters. The Bertz CT molecular complexity index is 311. The second kappa shape index (κ2) is 4.19. The van der Waals surface area contributed by atoms with Gasteiger partial charge in [-0.3, -0.25) is 5.10 Å². The molecule has 0 aliphatic heterocycles. The minimum absolute atomic E-state index is 0.132. The third kappa shape index (κ3) is 2.77. The first kappa shape index (κ1) is 10.7. The summed E-state index contributed by atoms with van der Waals surface area (Å²) in [6.07, 6.45) is 2.16. The third-order valence-corrected chi connectivity index (χ3v) is 3.41. The van der Waals surface area contributed by atoms with Crippen molar-refractivity contribution in [2.45, 2.75) is 39.2 Å². The van der Waals surface area contributed by atoms with Crippen molar-refractivity contribution in [2.75, 3.05) is 5.32 Å². The van der Waals surface area contributed by atoms with E-state index in [1.165, 1.54) is 11.3 Å². The molecule has 13 heavy (non-hydrogen) atoms. The second-order valence-electron chi connectivity index (χ2n) is 3.31. The summed E-state index contributed by atoms with van der Waals surface area (Å²) in [4.78, 5) is 0. The molecule has 74 valence electrons. The van der Waals surface area contributed by atoms with Gasteiger partial charge in [-0.2, -0.15) is 0 Å². The number of hydrogen-bond donors (Lipinski definition) is 2. The molecule has 0 aliphatic carbocycles. The molecule has 0 amide bonds. The summed E-state index contributed by atoms with van der Waals surface area (Å²) in [6.45, 7) is 6.53. The molecule has 1 rings (SSSR count). The van der Waals surface area contributed by atoms with Crippen LogP contribution in [-0.4, -0.2) is 15.7 Å². The van der Waals surface area contributed by atoms with E-state index in [0.717, 1.165) is 21.9 Å². The smallest absolute Gasteiger partial charge is 0.204 e. The summed E-state index contributed by atoms with van der Waals surface area (Å²) < 4.78 is 0.719. The lowest BCUT2D eigenvalue weighted by Crippen LogP contribution is -2.32. The van der Waals surface area contributed by atoms with Crippen LogP contribution in [0.4, 0.5) is 5.13 Å². The number of hydrogen-bond acceptors (Lipinski definition) is 4. The van der Waals surface area contributed by atoms with Gasteiger partial charge in [-0.15, -0.1) is 5.10 Å². The fraction of sp³-hybridized carbons (Fsp3) is 0.750. The minimum atomic E-state index is 0.132. The Labute approximate surface area is 87.6 Å². The van der Waals surface area contributed by atoms with E-state index in [2.05, 4.69) is 36.3 Å². The molecule has 2 N–H and O–H groups in total. The Morgan fingerprint density at radius 1 is 1.54 bits per heavy atom. The van der Waals surface area contributed by atoms with E-state index in [0.29, 0.717) is 0 Å². The first-order chi connectivity index (χ1) is 6.09. The highest BCUT2D eigenvalue weighted by molar-refractivity contribution is 7.73. The SMILES string of the molecule is CCC(C)(CC)Nc1n[nH]c(=S)s1. The molecule has 0 aliphatic rings. The molecule has 1 aromatic heterocycles. The Hall–Kier alpha value is -0.420. The van der Waals surface area contributed by atoms with Crippen LogP contribution in [0.15, 0.2) is 0 Å². The Morgan fingerprint density at radius 2 is 2.15 bits per heavy atom. The normalized spacial score (nSPS) is 11.6. The van der Waals surface area contributed by atoms with E-state index in [4.69, 9.17) is 12.2 Å². The maximum atomic E-state index is 4.95. The summed E-state index contributed by atoms with van der Waals surface area (Å²) in [5.41, 5.74) is 0.132. The van der Waals surface area contributed by atoms with Gasteiger partial charge in [-0.25, -0.2) is 0 Å². The van der Waals surface area contributed by atoms with Gasteiger partial charge in [0.25, 0.3) is 0 Å². The number of aromatic nitrogens is 2. The van der Waals surface area contributed by atoms with Gasteiger partial charge in [-0.1, -0.05) is 25.2 Å². The molecular weight excluding hydrogens is 202 g/mol. The van der Waals surface area contributed by atoms with Crippen LogP contribution >= 0.6 is 23.6 Å². The largest absolute Gasteiger partial charge is 0.355 e. The fourth-order valence-electron chi connectivity index (χ4n) is 0.968. The van der Waals surface area contributed by atoms with Crippen LogP contribution in [0.5, 0.6) is 0 Å². The third-order valence-electron chi connectivity index (χ3n) is 2.41. The van der Waals surface area contributed by atoms with Gasteiger partial charge >= 0.3 is 0 Å². The molecule has 0 bridgehead atoms. The van der Waals surface area contributed by atoms with Crippen molar-refractivity contribution < 1.29 is 0 Å². The molecule has 0 fully saturated rings. The van der Waals surface area contributed by atoms with Crippen molar-refractivity contribution in [3.05, 3.63) is 3.95 Å². The highest BCUT2D eigenvalue weighted by Gasteiger charge is 2.19. The van der Waals surface area contributed by atoms with Crippen LogP contribution in [0.1, 0.15) is 33.6 Å². The maximum Gasteiger partial charge on any atom is 0.204 e. The van der Waals surface area contributed by atoms with E-state index in [1.54, 1.807) is 0 Å². The minimum Gasteiger partial charge on any atom is -0.355 e. The number of nitrogens with one attached hydrogen (secondary N) is 2. The molecule has 3 nitrogen and oxygen atoms in total. The molecule has 1 aromatic rings. The predicted octanol–water partition coefficient (Wildman–Crippen LogP) is 3.19. The molecule has 0 saturated heterocycles. The zero-order chi connectivity index (χ0) is 9.90. The van der Waals surface area contributed by atoms with Gasteiger partial charge in [0, 0.05) is 5.54 Å². The van der Waals surface area contributed by atoms with Crippen molar-refractivity contribution >= 4 is 28.7 Å². The number of anilines is 1. The molecule has 0 saturated carbocycles. The monoisotopic (exact) mass is 217 g/mol. The van der Waals surface area contributed by atoms with Crippen LogP contribution in [0.2, 0.25) is 0 Å². The zero-order valence-corrected chi connectivity index (χ0v) is 9.81. The highest BCUT2D eigenvalue weighted by atomic mass is 32.1. The summed E-state index contributed by atoms with van der Waals surface area (Å²) in [5, 5.41) is 11.1. The summed E-state index contributed by atoms with van der Waals surface area (Å²) >= 11 is 6.44. The quantitative estimate of drug-likeness (QED) is 0.761. The van der Waals surface area contributed by atoms with Crippen molar-refractivity contribution in [2.24, 2.45) is 0 Å². The van der Waals surface area contributed by atoms with E-state index >= 15 is 0 Å². The summed E-state index contributed by atoms with van der Waals surface area (Å²) in [6, 6.07) is 0. The maximum absolute atomic E-state index is 4.95. The molecule has 0 aromatic carbocycles. The molecule has 0 radical (unpaired) electrons. The van der Waals surface area contributed by atoms with Crippen molar-refractivity contribution in [1.29, 1.82) is 0 Å².